The van der Waals surface area contributed by atoms with E-state index in [0.29, 0.717) is 17.1 Å². The van der Waals surface area contributed by atoms with E-state index < -0.39 is 48.6 Å². The number of aromatic nitrogens is 1. The third kappa shape index (κ3) is 4.52. The number of rotatable bonds is 7. The van der Waals surface area contributed by atoms with Gasteiger partial charge in [0.25, 0.3) is 0 Å². The van der Waals surface area contributed by atoms with Crippen molar-refractivity contribution in [3.63, 3.8) is 0 Å². The molecule has 9 nitrogen and oxygen atoms in total. The van der Waals surface area contributed by atoms with E-state index in [4.69, 9.17) is 18.9 Å². The van der Waals surface area contributed by atoms with Gasteiger partial charge in [-0.25, -0.2) is 0 Å². The number of aliphatic hydroxyl groups is 1. The van der Waals surface area contributed by atoms with Crippen LogP contribution in [0.1, 0.15) is 49.4 Å². The monoisotopic (exact) mass is 543 g/mol. The molecule has 0 bridgehead atoms. The molecule has 0 saturated heterocycles. The normalized spacial score (nSPS) is 26.7. The summed E-state index contributed by atoms with van der Waals surface area (Å²) in [5.41, 5.74) is -2.09. The third-order valence-corrected chi connectivity index (χ3v) is 13.8. The van der Waals surface area contributed by atoms with Gasteiger partial charge in [0.1, 0.15) is 0 Å². The molecule has 198 valence electrons. The van der Waals surface area contributed by atoms with E-state index in [2.05, 4.69) is 25.9 Å². The van der Waals surface area contributed by atoms with Gasteiger partial charge in [0.15, 0.2) is 0 Å². The average molecular weight is 544 g/mol. The number of benzene rings is 1. The van der Waals surface area contributed by atoms with Crippen LogP contribution >= 0.6 is 0 Å². The first kappa shape index (κ1) is 27.8. The first-order chi connectivity index (χ1) is 17.3. The number of allylic oxidation sites excluding steroid dienone is 1. The zero-order valence-electron chi connectivity index (χ0n) is 22.3. The van der Waals surface area contributed by atoms with E-state index >= 15 is 0 Å². The van der Waals surface area contributed by atoms with E-state index in [1.54, 1.807) is 24.3 Å². The zero-order valence-corrected chi connectivity index (χ0v) is 24.1. The Bertz CT molecular complexity index is 1260. The van der Waals surface area contributed by atoms with Gasteiger partial charge in [-0.2, -0.15) is 0 Å². The van der Waals surface area contributed by atoms with Crippen molar-refractivity contribution in [1.82, 2.24) is 10.1 Å². The van der Waals surface area contributed by atoms with Gasteiger partial charge in [-0.05, 0) is 0 Å². The fraction of sp³-hybridized carbons (Fsp3) is 0.520. The summed E-state index contributed by atoms with van der Waals surface area (Å²) in [4.78, 5) is 17.0. The van der Waals surface area contributed by atoms with Gasteiger partial charge in [0.05, 0.1) is 0 Å². The van der Waals surface area contributed by atoms with Crippen molar-refractivity contribution >= 4 is 32.2 Å². The second-order valence-electron chi connectivity index (χ2n) is 11.3. The van der Waals surface area contributed by atoms with Crippen LogP contribution in [0.4, 0.5) is 0 Å². The standard InChI is InChI=1S/C25H34BN3O6SSi/c1-24(2,3)37(6,7)35-22-17(36(32)15-11-9-8-10-12-15)14-13-16-19(29(4)5)20-18(21(30)25(16,22)31)23(28-34-20)33-26-27/h8-12,14,16,19,22,27,31H,13H2,1-7H3/t16-,19-,22+,25+,36?/m0/s1. The molecule has 4 rings (SSSR count). The van der Waals surface area contributed by atoms with Crippen LogP contribution < -0.4 is 4.65 Å². The van der Waals surface area contributed by atoms with E-state index in [9.17, 15) is 14.1 Å². The number of hydrogen-bond donors (Lipinski definition) is 2. The molecular weight excluding hydrogens is 509 g/mol. The molecule has 0 radical (unpaired) electrons. The van der Waals surface area contributed by atoms with Crippen molar-refractivity contribution in [3.05, 3.63) is 52.6 Å². The maximum atomic E-state index is 14.2. The van der Waals surface area contributed by atoms with Gasteiger partial charge in [-0.1, -0.05) is 0 Å². The predicted molar refractivity (Wildman–Crippen MR) is 142 cm³/mol. The summed E-state index contributed by atoms with van der Waals surface area (Å²) in [5.74, 6) is -1.23. The molecule has 0 saturated carbocycles. The Morgan fingerprint density at radius 1 is 1.27 bits per heavy atom. The Morgan fingerprint density at radius 2 is 1.92 bits per heavy atom. The Balaban J connectivity index is 1.94. The molecule has 1 aromatic carbocycles. The van der Waals surface area contributed by atoms with Crippen LogP contribution in [0.5, 0.6) is 5.88 Å². The minimum absolute atomic E-state index is 0.0171. The first-order valence-electron chi connectivity index (χ1n) is 12.2. The molecule has 1 aromatic heterocycles. The second-order valence-corrected chi connectivity index (χ2v) is 17.6. The fourth-order valence-corrected chi connectivity index (χ4v) is 7.56. The molecule has 0 aliphatic heterocycles. The molecule has 37 heavy (non-hydrogen) atoms. The molecule has 5 atom stereocenters. The molecular formula is C25H34BN3O6SSi. The zero-order chi connectivity index (χ0) is 27.3. The van der Waals surface area contributed by atoms with Gasteiger partial charge in [0.2, 0.25) is 0 Å². The number of carbonyl (C=O) groups excluding carboxylic acids is 1. The molecule has 0 amide bonds. The van der Waals surface area contributed by atoms with E-state index in [1.807, 2.05) is 44.2 Å². The first-order valence-corrected chi connectivity index (χ1v) is 16.2. The van der Waals surface area contributed by atoms with Gasteiger partial charge in [-0.3, -0.25) is 0 Å². The van der Waals surface area contributed by atoms with Crippen LogP contribution in [-0.2, 0) is 15.2 Å². The molecule has 2 N–H and O–H groups in total. The van der Waals surface area contributed by atoms with Crippen LogP contribution in [-0.4, -0.2) is 66.5 Å². The minimum atomic E-state index is -2.59. The number of hydrogen-bond acceptors (Lipinski definition) is 9. The molecule has 1 heterocycles. The molecule has 12 heteroatoms. The fourth-order valence-electron chi connectivity index (χ4n) is 4.88. The van der Waals surface area contributed by atoms with Crippen LogP contribution in [0.2, 0.25) is 18.1 Å². The van der Waals surface area contributed by atoms with Gasteiger partial charge >= 0.3 is 222 Å². The molecule has 0 spiro atoms. The number of Topliss-reactive ketones (excluding diaryl/α,β-unsaturated/α-hetero) is 1. The summed E-state index contributed by atoms with van der Waals surface area (Å²) in [5, 5.41) is 23.6. The number of ketones is 1. The van der Waals surface area contributed by atoms with Gasteiger partial charge < -0.3 is 0 Å². The Labute approximate surface area is 221 Å². The molecule has 2 aliphatic rings. The summed E-state index contributed by atoms with van der Waals surface area (Å²) in [7, 11) is 0.0516. The van der Waals surface area contributed by atoms with Gasteiger partial charge in [-0.15, -0.1) is 0 Å². The Hall–Kier alpha value is -2.25. The van der Waals surface area contributed by atoms with E-state index in [1.165, 1.54) is 0 Å². The summed E-state index contributed by atoms with van der Waals surface area (Å²) in [6.45, 7) is 10.3. The summed E-state index contributed by atoms with van der Waals surface area (Å²) in [6.07, 6.45) is 0.955. The molecule has 2 aliphatic carbocycles. The topological polar surface area (TPSA) is 126 Å². The van der Waals surface area contributed by atoms with Crippen molar-refractivity contribution < 1.29 is 27.7 Å². The molecule has 1 unspecified atom stereocenters. The number of nitrogens with one attached hydrogen (secondary N) is 1. The van der Waals surface area contributed by atoms with Crippen molar-refractivity contribution in [3.8, 4) is 5.88 Å². The number of carbonyl (C=O) groups is 1. The van der Waals surface area contributed by atoms with Crippen LogP contribution in [0.25, 0.3) is 0 Å². The van der Waals surface area contributed by atoms with E-state index in [-0.39, 0.29) is 28.7 Å². The van der Waals surface area contributed by atoms with Crippen molar-refractivity contribution in [2.45, 2.75) is 68.0 Å². The summed E-state index contributed by atoms with van der Waals surface area (Å²) >= 11 is 0. The van der Waals surface area contributed by atoms with Gasteiger partial charge in [0, 0.05) is 0 Å². The van der Waals surface area contributed by atoms with Crippen LogP contribution in [0.3, 0.4) is 0 Å². The second kappa shape index (κ2) is 9.81. The number of fused-ring (bicyclic) bond motifs is 2. The summed E-state index contributed by atoms with van der Waals surface area (Å²) < 4.78 is 31.5. The van der Waals surface area contributed by atoms with Crippen LogP contribution in [0.15, 0.2) is 50.7 Å². The Kier molecular flexibility index (Phi) is 7.36. The van der Waals surface area contributed by atoms with E-state index in [0.717, 1.165) is 0 Å². The Morgan fingerprint density at radius 3 is 2.49 bits per heavy atom. The summed E-state index contributed by atoms with van der Waals surface area (Å²) in [6, 6.07) is 8.42. The van der Waals surface area contributed by atoms with Crippen molar-refractivity contribution in [2.24, 2.45) is 5.92 Å². The quantitative estimate of drug-likeness (QED) is 0.501. The van der Waals surface area contributed by atoms with Crippen molar-refractivity contribution in [2.75, 3.05) is 14.1 Å². The molecule has 2 aromatic rings. The number of nitrogens with zero attached hydrogens (tertiary/aromatic N) is 2. The third-order valence-electron chi connectivity index (χ3n) is 7.84. The molecule has 0 fully saturated rings. The predicted octanol–water partition coefficient (Wildman–Crippen LogP) is 4.07. The average Bonchev–Trinajstić information content (AvgIpc) is 3.23. The van der Waals surface area contributed by atoms with Crippen LogP contribution in [0, 0.1) is 11.2 Å². The SMILES string of the molecule is CN(C)[C@@H]1c2onc(OB=N)c2C(=O)[C@@]2(O)[C@H](O[Si](C)(C)C(C)(C)C)C(S(=O)c3ccccc3)=CC[C@@H]12. The maximum absolute atomic E-state index is 14.2. The van der Waals surface area contributed by atoms with Crippen molar-refractivity contribution in [1.29, 1.82) is 5.31 Å².